The van der Waals surface area contributed by atoms with Gasteiger partial charge in [0.25, 0.3) is 16.1 Å². The molecule has 11 heteroatoms. The highest BCUT2D eigenvalue weighted by Gasteiger charge is 2.33. The van der Waals surface area contributed by atoms with E-state index in [2.05, 4.69) is 9.71 Å². The number of amides is 1. The molecular weight excluding hydrogens is 384 g/mol. The van der Waals surface area contributed by atoms with Gasteiger partial charge < -0.3 is 4.74 Å². The summed E-state index contributed by atoms with van der Waals surface area (Å²) in [4.78, 5) is 15.7. The SMILES string of the molecule is CC(C)[C@@H](NS(=O)(=O)N1CCC(Oc2ccc(Cl)cn2)CC1)C(=O)NO. The smallest absolute Gasteiger partial charge is 0.280 e. The van der Waals surface area contributed by atoms with Gasteiger partial charge in [-0.3, -0.25) is 10.0 Å². The largest absolute Gasteiger partial charge is 0.474 e. The van der Waals surface area contributed by atoms with Crippen LogP contribution in [0.4, 0.5) is 0 Å². The molecule has 1 aromatic heterocycles. The molecule has 1 aromatic rings. The van der Waals surface area contributed by atoms with Gasteiger partial charge in [-0.15, -0.1) is 0 Å². The van der Waals surface area contributed by atoms with Crippen LogP contribution in [0.3, 0.4) is 0 Å². The van der Waals surface area contributed by atoms with E-state index in [4.69, 9.17) is 21.5 Å². The lowest BCUT2D eigenvalue weighted by atomic mass is 10.1. The van der Waals surface area contributed by atoms with Gasteiger partial charge in [-0.1, -0.05) is 25.4 Å². The fourth-order valence-electron chi connectivity index (χ4n) is 2.59. The highest BCUT2D eigenvalue weighted by molar-refractivity contribution is 7.87. The number of piperidine rings is 1. The van der Waals surface area contributed by atoms with Crippen LogP contribution in [0.2, 0.25) is 5.02 Å². The fourth-order valence-corrected chi connectivity index (χ4v) is 4.24. The van der Waals surface area contributed by atoms with Crippen LogP contribution in [-0.2, 0) is 15.0 Å². The van der Waals surface area contributed by atoms with Crippen molar-refractivity contribution in [3.63, 3.8) is 0 Å². The quantitative estimate of drug-likeness (QED) is 0.457. The van der Waals surface area contributed by atoms with E-state index in [1.54, 1.807) is 26.0 Å². The standard InChI is InChI=1S/C15H23ClN4O5S/c1-10(2)14(15(21)18-22)19-26(23,24)20-7-5-12(6-8-20)25-13-4-3-11(16)9-17-13/h3-4,9-10,12,14,19,22H,5-8H2,1-2H3,(H,18,21)/t14-/m1/s1. The lowest BCUT2D eigenvalue weighted by Gasteiger charge is -2.32. The predicted molar refractivity (Wildman–Crippen MR) is 95.1 cm³/mol. The van der Waals surface area contributed by atoms with E-state index in [1.165, 1.54) is 16.0 Å². The molecule has 0 unspecified atom stereocenters. The maximum absolute atomic E-state index is 12.5. The average molecular weight is 407 g/mol. The maximum Gasteiger partial charge on any atom is 0.280 e. The van der Waals surface area contributed by atoms with Crippen LogP contribution in [0.25, 0.3) is 0 Å². The zero-order chi connectivity index (χ0) is 19.3. The molecule has 0 aromatic carbocycles. The molecule has 0 spiro atoms. The summed E-state index contributed by atoms with van der Waals surface area (Å²) in [6, 6.07) is 2.27. The molecule has 0 saturated carbocycles. The highest BCUT2D eigenvalue weighted by atomic mass is 35.5. The van der Waals surface area contributed by atoms with E-state index >= 15 is 0 Å². The van der Waals surface area contributed by atoms with Crippen LogP contribution < -0.4 is 14.9 Å². The highest BCUT2D eigenvalue weighted by Crippen LogP contribution is 2.20. The normalized spacial score (nSPS) is 17.9. The van der Waals surface area contributed by atoms with Crippen molar-refractivity contribution in [2.45, 2.75) is 38.8 Å². The molecule has 1 fully saturated rings. The van der Waals surface area contributed by atoms with Crippen molar-refractivity contribution in [3.05, 3.63) is 23.4 Å². The Morgan fingerprint density at radius 1 is 1.38 bits per heavy atom. The van der Waals surface area contributed by atoms with Crippen molar-refractivity contribution < 1.29 is 23.2 Å². The number of hydroxylamine groups is 1. The molecule has 1 atom stereocenters. The Hall–Kier alpha value is -1.46. The van der Waals surface area contributed by atoms with Crippen molar-refractivity contribution >= 4 is 27.7 Å². The summed E-state index contributed by atoms with van der Waals surface area (Å²) in [7, 11) is -3.86. The molecule has 3 N–H and O–H groups in total. The van der Waals surface area contributed by atoms with E-state index < -0.39 is 22.2 Å². The first-order valence-corrected chi connectivity index (χ1v) is 10.0. The molecule has 0 radical (unpaired) electrons. The van der Waals surface area contributed by atoms with Crippen molar-refractivity contribution in [3.8, 4) is 5.88 Å². The Kier molecular flexibility index (Phi) is 7.18. The van der Waals surface area contributed by atoms with Gasteiger partial charge in [0.2, 0.25) is 5.88 Å². The number of hydrogen-bond donors (Lipinski definition) is 3. The van der Waals surface area contributed by atoms with Gasteiger partial charge in [0, 0.05) is 25.4 Å². The van der Waals surface area contributed by atoms with Gasteiger partial charge in [-0.2, -0.15) is 17.4 Å². The molecule has 0 bridgehead atoms. The number of nitrogens with one attached hydrogen (secondary N) is 2. The van der Waals surface area contributed by atoms with Crippen LogP contribution >= 0.6 is 11.6 Å². The minimum Gasteiger partial charge on any atom is -0.474 e. The third-order valence-electron chi connectivity index (χ3n) is 4.06. The molecule has 1 aliphatic rings. The number of aromatic nitrogens is 1. The topological polar surface area (TPSA) is 121 Å². The zero-order valence-electron chi connectivity index (χ0n) is 14.6. The Bertz CT molecular complexity index is 705. The number of halogens is 1. The third kappa shape index (κ3) is 5.52. The van der Waals surface area contributed by atoms with Gasteiger partial charge in [0.1, 0.15) is 12.1 Å². The lowest BCUT2D eigenvalue weighted by molar-refractivity contribution is -0.131. The van der Waals surface area contributed by atoms with Gasteiger partial charge in [-0.05, 0) is 24.8 Å². The average Bonchev–Trinajstić information content (AvgIpc) is 2.61. The van der Waals surface area contributed by atoms with E-state index in [9.17, 15) is 13.2 Å². The van der Waals surface area contributed by atoms with Gasteiger partial charge >= 0.3 is 0 Å². The van der Waals surface area contributed by atoms with Gasteiger partial charge in [-0.25, -0.2) is 10.5 Å². The van der Waals surface area contributed by atoms with E-state index in [0.29, 0.717) is 23.7 Å². The number of pyridine rings is 1. The van der Waals surface area contributed by atoms with Crippen molar-refractivity contribution in [1.29, 1.82) is 0 Å². The minimum atomic E-state index is -3.86. The number of rotatable bonds is 7. The molecule has 1 saturated heterocycles. The molecule has 0 aliphatic carbocycles. The zero-order valence-corrected chi connectivity index (χ0v) is 16.1. The summed E-state index contributed by atoms with van der Waals surface area (Å²) in [6.45, 7) is 3.86. The Balaban J connectivity index is 1.92. The van der Waals surface area contributed by atoms with Crippen LogP contribution in [0.1, 0.15) is 26.7 Å². The molecule has 1 amide bonds. The number of hydrogen-bond acceptors (Lipinski definition) is 6. The van der Waals surface area contributed by atoms with Crippen LogP contribution in [0, 0.1) is 5.92 Å². The summed E-state index contributed by atoms with van der Waals surface area (Å²) in [5.41, 5.74) is 1.49. The van der Waals surface area contributed by atoms with Crippen LogP contribution in [0.15, 0.2) is 18.3 Å². The Labute approximate surface area is 157 Å². The molecule has 26 heavy (non-hydrogen) atoms. The molecule has 1 aliphatic heterocycles. The Morgan fingerprint density at radius 2 is 2.04 bits per heavy atom. The number of carbonyl (C=O) groups is 1. The maximum atomic E-state index is 12.5. The number of nitrogens with zero attached hydrogens (tertiary/aromatic N) is 2. The molecule has 146 valence electrons. The summed E-state index contributed by atoms with van der Waals surface area (Å²) < 4.78 is 34.4. The molecule has 2 heterocycles. The molecule has 9 nitrogen and oxygen atoms in total. The van der Waals surface area contributed by atoms with Crippen LogP contribution in [-0.4, -0.2) is 54.1 Å². The van der Waals surface area contributed by atoms with Crippen molar-refractivity contribution in [2.24, 2.45) is 5.92 Å². The summed E-state index contributed by atoms with van der Waals surface area (Å²) in [6.07, 6.45) is 2.31. The van der Waals surface area contributed by atoms with E-state index in [-0.39, 0.29) is 25.1 Å². The third-order valence-corrected chi connectivity index (χ3v) is 5.88. The van der Waals surface area contributed by atoms with E-state index in [1.807, 2.05) is 0 Å². The van der Waals surface area contributed by atoms with Crippen molar-refractivity contribution in [2.75, 3.05) is 13.1 Å². The summed E-state index contributed by atoms with van der Waals surface area (Å²) in [5.74, 6) is -0.683. The van der Waals surface area contributed by atoms with Crippen molar-refractivity contribution in [1.82, 2.24) is 19.5 Å². The fraction of sp³-hybridized carbons (Fsp3) is 0.600. The number of carbonyl (C=O) groups excluding carboxylic acids is 1. The lowest BCUT2D eigenvalue weighted by Crippen LogP contribution is -2.55. The Morgan fingerprint density at radius 3 is 2.54 bits per heavy atom. The minimum absolute atomic E-state index is 0.156. The molecule has 2 rings (SSSR count). The second-order valence-electron chi connectivity index (χ2n) is 6.35. The second-order valence-corrected chi connectivity index (χ2v) is 8.49. The summed E-state index contributed by atoms with van der Waals surface area (Å²) in [5, 5.41) is 9.28. The van der Waals surface area contributed by atoms with Gasteiger partial charge in [0.15, 0.2) is 0 Å². The second kappa shape index (κ2) is 8.96. The van der Waals surface area contributed by atoms with Gasteiger partial charge in [0.05, 0.1) is 5.02 Å². The monoisotopic (exact) mass is 406 g/mol. The predicted octanol–water partition coefficient (Wildman–Crippen LogP) is 0.943. The van der Waals surface area contributed by atoms with Crippen LogP contribution in [0.5, 0.6) is 5.88 Å². The summed E-state index contributed by atoms with van der Waals surface area (Å²) >= 11 is 5.78. The first-order chi connectivity index (χ1) is 12.2. The molecular formula is C15H23ClN4O5S. The number of ether oxygens (including phenoxy) is 1. The van der Waals surface area contributed by atoms with E-state index in [0.717, 1.165) is 0 Å². The first kappa shape index (κ1) is 20.8. The first-order valence-electron chi connectivity index (χ1n) is 8.22.